The van der Waals surface area contributed by atoms with Crippen LogP contribution in [-0.4, -0.2) is 30.2 Å². The molecule has 1 rings (SSSR count). The number of ketones is 1. The second-order valence-electron chi connectivity index (χ2n) is 4.58. The zero-order chi connectivity index (χ0) is 12.8. The highest BCUT2D eigenvalue weighted by Gasteiger charge is 2.21. The number of amides is 1. The number of nitrogens with zero attached hydrogens (tertiary/aromatic N) is 1. The summed E-state index contributed by atoms with van der Waals surface area (Å²) in [5.41, 5.74) is 0.706. The standard InChI is InChI=1S/C14H19NO2/c1-11(2)13(15(3)10-16)9-14(17)12-7-5-4-6-8-12/h4-8,10-11,13H,9H2,1-3H3. The van der Waals surface area contributed by atoms with Crippen LogP contribution in [-0.2, 0) is 4.79 Å². The summed E-state index contributed by atoms with van der Waals surface area (Å²) in [5.74, 6) is 0.343. The minimum absolute atomic E-state index is 0.0415. The molecule has 92 valence electrons. The van der Waals surface area contributed by atoms with Crippen LogP contribution in [0.3, 0.4) is 0 Å². The summed E-state index contributed by atoms with van der Waals surface area (Å²) in [6.45, 7) is 4.03. The molecular weight excluding hydrogens is 214 g/mol. The summed E-state index contributed by atoms with van der Waals surface area (Å²) in [6.07, 6.45) is 1.15. The number of Topliss-reactive ketones (excluding diaryl/α,β-unsaturated/α-hetero) is 1. The largest absolute Gasteiger partial charge is 0.345 e. The van der Waals surface area contributed by atoms with E-state index in [9.17, 15) is 9.59 Å². The van der Waals surface area contributed by atoms with Gasteiger partial charge >= 0.3 is 0 Å². The molecule has 0 saturated heterocycles. The van der Waals surface area contributed by atoms with Crippen LogP contribution in [0.4, 0.5) is 0 Å². The predicted octanol–water partition coefficient (Wildman–Crippen LogP) is 2.37. The van der Waals surface area contributed by atoms with Gasteiger partial charge in [-0.3, -0.25) is 9.59 Å². The van der Waals surface area contributed by atoms with Crippen LogP contribution in [0, 0.1) is 5.92 Å². The van der Waals surface area contributed by atoms with Crippen molar-refractivity contribution >= 4 is 12.2 Å². The van der Waals surface area contributed by atoms with E-state index in [1.807, 2.05) is 32.0 Å². The maximum Gasteiger partial charge on any atom is 0.209 e. The van der Waals surface area contributed by atoms with E-state index in [1.54, 1.807) is 24.1 Å². The number of benzene rings is 1. The van der Waals surface area contributed by atoms with Crippen molar-refractivity contribution in [2.75, 3.05) is 7.05 Å². The Morgan fingerprint density at radius 2 is 1.88 bits per heavy atom. The van der Waals surface area contributed by atoms with Crippen molar-refractivity contribution in [2.24, 2.45) is 5.92 Å². The number of hydrogen-bond donors (Lipinski definition) is 0. The molecule has 1 amide bonds. The van der Waals surface area contributed by atoms with Crippen molar-refractivity contribution in [3.05, 3.63) is 35.9 Å². The van der Waals surface area contributed by atoms with E-state index >= 15 is 0 Å². The Kier molecular flexibility index (Phi) is 4.88. The molecule has 0 aromatic heterocycles. The van der Waals surface area contributed by atoms with Gasteiger partial charge in [-0.05, 0) is 5.92 Å². The second-order valence-corrected chi connectivity index (χ2v) is 4.58. The van der Waals surface area contributed by atoms with Crippen molar-refractivity contribution in [1.29, 1.82) is 0 Å². The third-order valence-corrected chi connectivity index (χ3v) is 2.95. The van der Waals surface area contributed by atoms with Crippen LogP contribution >= 0.6 is 0 Å². The monoisotopic (exact) mass is 233 g/mol. The van der Waals surface area contributed by atoms with Gasteiger partial charge in [-0.15, -0.1) is 0 Å². The van der Waals surface area contributed by atoms with Gasteiger partial charge in [-0.1, -0.05) is 44.2 Å². The minimum Gasteiger partial charge on any atom is -0.345 e. The Morgan fingerprint density at radius 1 is 1.29 bits per heavy atom. The number of hydrogen-bond acceptors (Lipinski definition) is 2. The first-order chi connectivity index (χ1) is 8.06. The first-order valence-electron chi connectivity index (χ1n) is 5.81. The lowest BCUT2D eigenvalue weighted by Gasteiger charge is -2.27. The van der Waals surface area contributed by atoms with Crippen LogP contribution in [0.1, 0.15) is 30.6 Å². The summed E-state index contributed by atoms with van der Waals surface area (Å²) in [6, 6.07) is 9.15. The molecule has 1 aromatic rings. The van der Waals surface area contributed by atoms with E-state index in [0.717, 1.165) is 6.41 Å². The average molecular weight is 233 g/mol. The molecule has 3 heteroatoms. The molecule has 3 nitrogen and oxygen atoms in total. The fourth-order valence-corrected chi connectivity index (χ4v) is 1.86. The number of carbonyl (C=O) groups excluding carboxylic acids is 2. The van der Waals surface area contributed by atoms with Gasteiger partial charge in [0.1, 0.15) is 0 Å². The van der Waals surface area contributed by atoms with Crippen molar-refractivity contribution in [3.63, 3.8) is 0 Å². The lowest BCUT2D eigenvalue weighted by Crippen LogP contribution is -2.36. The SMILES string of the molecule is CC(C)C(CC(=O)c1ccccc1)N(C)C=O. The van der Waals surface area contributed by atoms with Gasteiger partial charge in [-0.25, -0.2) is 0 Å². The van der Waals surface area contributed by atoms with Crippen LogP contribution in [0.25, 0.3) is 0 Å². The second kappa shape index (κ2) is 6.18. The fraction of sp³-hybridized carbons (Fsp3) is 0.429. The first-order valence-corrected chi connectivity index (χ1v) is 5.81. The summed E-state index contributed by atoms with van der Waals surface area (Å²) in [5, 5.41) is 0. The molecule has 17 heavy (non-hydrogen) atoms. The van der Waals surface area contributed by atoms with Gasteiger partial charge in [0.05, 0.1) is 0 Å². The minimum atomic E-state index is -0.0415. The summed E-state index contributed by atoms with van der Waals surface area (Å²) in [7, 11) is 1.72. The van der Waals surface area contributed by atoms with Crippen molar-refractivity contribution < 1.29 is 9.59 Å². The highest BCUT2D eigenvalue weighted by atomic mass is 16.1. The number of carbonyl (C=O) groups is 2. The molecule has 0 bridgehead atoms. The Hall–Kier alpha value is -1.64. The van der Waals surface area contributed by atoms with Gasteiger partial charge in [0.15, 0.2) is 5.78 Å². The lowest BCUT2D eigenvalue weighted by atomic mass is 9.95. The van der Waals surface area contributed by atoms with Gasteiger partial charge in [0.2, 0.25) is 6.41 Å². The van der Waals surface area contributed by atoms with E-state index in [-0.39, 0.29) is 17.7 Å². The van der Waals surface area contributed by atoms with Crippen LogP contribution in [0.5, 0.6) is 0 Å². The van der Waals surface area contributed by atoms with Crippen molar-refractivity contribution in [2.45, 2.75) is 26.3 Å². The molecule has 0 saturated carbocycles. The van der Waals surface area contributed by atoms with E-state index < -0.39 is 0 Å². The summed E-state index contributed by atoms with van der Waals surface area (Å²) >= 11 is 0. The molecule has 1 unspecified atom stereocenters. The van der Waals surface area contributed by atoms with Gasteiger partial charge < -0.3 is 4.90 Å². The maximum atomic E-state index is 12.0. The Bertz CT molecular complexity index is 373. The van der Waals surface area contributed by atoms with Gasteiger partial charge in [0, 0.05) is 25.1 Å². The molecule has 0 spiro atoms. The predicted molar refractivity (Wildman–Crippen MR) is 67.8 cm³/mol. The van der Waals surface area contributed by atoms with Crippen LogP contribution in [0.15, 0.2) is 30.3 Å². The molecule has 1 atom stereocenters. The molecule has 0 heterocycles. The van der Waals surface area contributed by atoms with E-state index in [1.165, 1.54) is 0 Å². The number of rotatable bonds is 6. The molecule has 0 radical (unpaired) electrons. The highest BCUT2D eigenvalue weighted by Crippen LogP contribution is 2.15. The lowest BCUT2D eigenvalue weighted by molar-refractivity contribution is -0.119. The Balaban J connectivity index is 2.75. The smallest absolute Gasteiger partial charge is 0.209 e. The summed E-state index contributed by atoms with van der Waals surface area (Å²) < 4.78 is 0. The van der Waals surface area contributed by atoms with Crippen LogP contribution in [0.2, 0.25) is 0 Å². The highest BCUT2D eigenvalue weighted by molar-refractivity contribution is 5.96. The third-order valence-electron chi connectivity index (χ3n) is 2.95. The molecular formula is C14H19NO2. The van der Waals surface area contributed by atoms with Crippen molar-refractivity contribution in [1.82, 2.24) is 4.90 Å². The zero-order valence-electron chi connectivity index (χ0n) is 10.6. The Labute approximate surface area is 102 Å². The van der Waals surface area contributed by atoms with Crippen molar-refractivity contribution in [3.8, 4) is 0 Å². The average Bonchev–Trinajstić information content (AvgIpc) is 2.35. The first kappa shape index (κ1) is 13.4. The quantitative estimate of drug-likeness (QED) is 0.559. The fourth-order valence-electron chi connectivity index (χ4n) is 1.86. The topological polar surface area (TPSA) is 37.4 Å². The van der Waals surface area contributed by atoms with E-state index in [0.29, 0.717) is 12.0 Å². The van der Waals surface area contributed by atoms with Crippen LogP contribution < -0.4 is 0 Å². The van der Waals surface area contributed by atoms with E-state index in [4.69, 9.17) is 0 Å². The van der Waals surface area contributed by atoms with E-state index in [2.05, 4.69) is 0 Å². The zero-order valence-corrected chi connectivity index (χ0v) is 10.6. The maximum absolute atomic E-state index is 12.0. The molecule has 0 aliphatic heterocycles. The normalized spacial score (nSPS) is 12.2. The molecule has 0 aliphatic carbocycles. The van der Waals surface area contributed by atoms with Gasteiger partial charge in [0.25, 0.3) is 0 Å². The molecule has 0 N–H and O–H groups in total. The summed E-state index contributed by atoms with van der Waals surface area (Å²) in [4.78, 5) is 24.4. The van der Waals surface area contributed by atoms with Gasteiger partial charge in [-0.2, -0.15) is 0 Å². The molecule has 1 aromatic carbocycles. The Morgan fingerprint density at radius 3 is 2.35 bits per heavy atom. The molecule has 0 fully saturated rings. The molecule has 0 aliphatic rings. The third kappa shape index (κ3) is 3.70.